The number of carbonyl (C=O) groups is 2. The summed E-state index contributed by atoms with van der Waals surface area (Å²) < 4.78 is 19.5. The fraction of sp³-hybridized carbons (Fsp3) is 0.840. The van der Waals surface area contributed by atoms with Gasteiger partial charge in [0.1, 0.15) is 23.1 Å². The zero-order chi connectivity index (χ0) is 22.8. The summed E-state index contributed by atoms with van der Waals surface area (Å²) >= 11 is 0. The first kappa shape index (κ1) is 21.7. The molecule has 3 aliphatic heterocycles. The number of hydrogen-bond donors (Lipinski definition) is 1. The van der Waals surface area contributed by atoms with Crippen LogP contribution in [0.15, 0.2) is 12.2 Å². The van der Waals surface area contributed by atoms with Crippen molar-refractivity contribution < 1.29 is 28.9 Å². The molecule has 3 heterocycles. The van der Waals surface area contributed by atoms with Gasteiger partial charge in [0.2, 0.25) is 5.79 Å². The smallest absolute Gasteiger partial charge is 0.213 e. The number of ketones is 2. The molecule has 3 aliphatic carbocycles. The van der Waals surface area contributed by atoms with Crippen molar-refractivity contribution in [3.63, 3.8) is 0 Å². The average Bonchev–Trinajstić information content (AvgIpc) is 2.65. The van der Waals surface area contributed by atoms with Crippen LogP contribution in [0.25, 0.3) is 0 Å². The second-order valence-electron chi connectivity index (χ2n) is 11.9. The van der Waals surface area contributed by atoms with Crippen molar-refractivity contribution in [2.75, 3.05) is 6.61 Å². The van der Waals surface area contributed by atoms with E-state index in [4.69, 9.17) is 14.2 Å². The normalized spacial score (nSPS) is 51.6. The van der Waals surface area contributed by atoms with Gasteiger partial charge in [-0.05, 0) is 58.3 Å². The molecular weight excluding hydrogens is 396 g/mol. The van der Waals surface area contributed by atoms with Crippen molar-refractivity contribution >= 4 is 11.6 Å². The Morgan fingerprint density at radius 2 is 1.84 bits per heavy atom. The summed E-state index contributed by atoms with van der Waals surface area (Å²) in [6.45, 7) is 15.8. The molecule has 6 aliphatic rings. The standard InChI is InChI=1S/C25H36O6/c1-13(2)15-8-9-16-23-12-29-25(19(28)18(23)21(4,5)11-10-17(23)27)24(16,14(3)26)20(15)30-22(6,7)31-25/h15-16,18-20,28H,1,8-12H2,2-7H3/t15-,16-,18+,19-,20+,23+,24+,25?/m0/s1. The second-order valence-corrected chi connectivity index (χ2v) is 11.9. The van der Waals surface area contributed by atoms with E-state index >= 15 is 0 Å². The van der Waals surface area contributed by atoms with Crippen molar-refractivity contribution in [3.05, 3.63) is 12.2 Å². The minimum absolute atomic E-state index is 0.0723. The van der Waals surface area contributed by atoms with Gasteiger partial charge in [-0.25, -0.2) is 0 Å². The molecule has 0 aromatic rings. The molecule has 2 bridgehead atoms. The minimum atomic E-state index is -1.54. The molecule has 3 saturated carbocycles. The van der Waals surface area contributed by atoms with Crippen LogP contribution in [-0.2, 0) is 23.8 Å². The highest BCUT2D eigenvalue weighted by molar-refractivity contribution is 5.92. The molecule has 0 radical (unpaired) electrons. The van der Waals surface area contributed by atoms with E-state index in [1.807, 2.05) is 20.8 Å². The van der Waals surface area contributed by atoms with E-state index < -0.39 is 34.6 Å². The highest BCUT2D eigenvalue weighted by atomic mass is 16.8. The van der Waals surface area contributed by atoms with Gasteiger partial charge in [0, 0.05) is 18.3 Å². The van der Waals surface area contributed by atoms with Crippen molar-refractivity contribution in [1.29, 1.82) is 0 Å². The number of Topliss-reactive ketones (excluding diaryl/α,β-unsaturated/α-hetero) is 2. The van der Waals surface area contributed by atoms with Gasteiger partial charge >= 0.3 is 0 Å². The van der Waals surface area contributed by atoms with Crippen LogP contribution >= 0.6 is 0 Å². The van der Waals surface area contributed by atoms with Crippen LogP contribution in [0.5, 0.6) is 0 Å². The largest absolute Gasteiger partial charge is 0.387 e. The minimum Gasteiger partial charge on any atom is -0.387 e. The zero-order valence-electron chi connectivity index (χ0n) is 19.6. The summed E-state index contributed by atoms with van der Waals surface area (Å²) in [5, 5.41) is 12.0. The number of rotatable bonds is 2. The summed E-state index contributed by atoms with van der Waals surface area (Å²) in [6.07, 6.45) is 0.980. The fourth-order valence-electron chi connectivity index (χ4n) is 8.57. The van der Waals surface area contributed by atoms with Gasteiger partial charge < -0.3 is 19.3 Å². The molecule has 6 rings (SSSR count). The van der Waals surface area contributed by atoms with Crippen LogP contribution in [0.3, 0.4) is 0 Å². The molecule has 2 spiro atoms. The maximum Gasteiger partial charge on any atom is 0.213 e. The molecule has 172 valence electrons. The number of ether oxygens (including phenoxy) is 3. The first-order valence-corrected chi connectivity index (χ1v) is 11.7. The van der Waals surface area contributed by atoms with Crippen LogP contribution in [0.1, 0.15) is 67.2 Å². The quantitative estimate of drug-likeness (QED) is 0.674. The molecule has 0 aromatic carbocycles. The average molecular weight is 433 g/mol. The Morgan fingerprint density at radius 3 is 2.45 bits per heavy atom. The fourth-order valence-corrected chi connectivity index (χ4v) is 8.57. The molecule has 1 unspecified atom stereocenters. The molecule has 3 saturated heterocycles. The van der Waals surface area contributed by atoms with Crippen LogP contribution in [0, 0.1) is 34.0 Å². The highest BCUT2D eigenvalue weighted by Crippen LogP contribution is 2.76. The maximum absolute atomic E-state index is 13.7. The monoisotopic (exact) mass is 432 g/mol. The van der Waals surface area contributed by atoms with E-state index in [2.05, 4.69) is 20.4 Å². The third-order valence-corrected chi connectivity index (χ3v) is 9.50. The van der Waals surface area contributed by atoms with Gasteiger partial charge in [-0.3, -0.25) is 9.59 Å². The van der Waals surface area contributed by atoms with Gasteiger partial charge in [-0.2, -0.15) is 0 Å². The summed E-state index contributed by atoms with van der Waals surface area (Å²) in [5.74, 6) is -3.29. The molecular formula is C25H36O6. The molecule has 8 atom stereocenters. The number of fused-ring (bicyclic) bond motifs is 1. The lowest BCUT2D eigenvalue weighted by Crippen LogP contribution is -2.89. The Hall–Kier alpha value is -1.08. The van der Waals surface area contributed by atoms with Gasteiger partial charge in [0.25, 0.3) is 0 Å². The molecule has 0 aromatic heterocycles. The number of hydrogen-bond acceptors (Lipinski definition) is 6. The van der Waals surface area contributed by atoms with Crippen molar-refractivity contribution in [1.82, 2.24) is 0 Å². The van der Waals surface area contributed by atoms with Gasteiger partial charge in [0.15, 0.2) is 5.79 Å². The summed E-state index contributed by atoms with van der Waals surface area (Å²) in [4.78, 5) is 27.4. The molecule has 6 heteroatoms. The second kappa shape index (κ2) is 6.07. The third-order valence-electron chi connectivity index (χ3n) is 9.50. The van der Waals surface area contributed by atoms with Gasteiger partial charge in [-0.15, -0.1) is 0 Å². The SMILES string of the molecule is C=C(C)[C@@H]1CC[C@H]2[C@@]34COC5(OC(C)(C)O[C@H]1[C@@]25C(C)=O)[C@@H](O)[C@@H]3C(C)(C)CCC4=O. The highest BCUT2D eigenvalue weighted by Gasteiger charge is 2.87. The van der Waals surface area contributed by atoms with Crippen LogP contribution in [-0.4, -0.2) is 47.1 Å². The predicted molar refractivity (Wildman–Crippen MR) is 113 cm³/mol. The Kier molecular flexibility index (Phi) is 4.26. The van der Waals surface area contributed by atoms with Crippen LogP contribution in [0.2, 0.25) is 0 Å². The molecule has 0 amide bonds. The Labute approximate surface area is 184 Å². The lowest BCUT2D eigenvalue weighted by atomic mass is 9.34. The number of aliphatic hydroxyl groups is 1. The van der Waals surface area contributed by atoms with Gasteiger partial charge in [0.05, 0.1) is 18.1 Å². The van der Waals surface area contributed by atoms with Crippen molar-refractivity contribution in [3.8, 4) is 0 Å². The Balaban J connectivity index is 1.84. The lowest BCUT2D eigenvalue weighted by Gasteiger charge is -2.77. The lowest BCUT2D eigenvalue weighted by molar-refractivity contribution is -0.527. The Bertz CT molecular complexity index is 875. The van der Waals surface area contributed by atoms with E-state index in [9.17, 15) is 14.7 Å². The first-order valence-electron chi connectivity index (χ1n) is 11.7. The van der Waals surface area contributed by atoms with E-state index in [1.54, 1.807) is 6.92 Å². The maximum atomic E-state index is 13.7. The van der Waals surface area contributed by atoms with E-state index in [1.165, 1.54) is 0 Å². The van der Waals surface area contributed by atoms with E-state index in [-0.39, 0.29) is 41.3 Å². The molecule has 1 N–H and O–H groups in total. The summed E-state index contributed by atoms with van der Waals surface area (Å²) in [6, 6.07) is 0. The van der Waals surface area contributed by atoms with E-state index in [0.717, 1.165) is 12.0 Å². The molecule has 31 heavy (non-hydrogen) atoms. The van der Waals surface area contributed by atoms with Gasteiger partial charge in [-0.1, -0.05) is 26.0 Å². The third kappa shape index (κ3) is 2.23. The number of aliphatic hydroxyl groups excluding tert-OH is 1. The van der Waals surface area contributed by atoms with Crippen molar-refractivity contribution in [2.24, 2.45) is 34.0 Å². The van der Waals surface area contributed by atoms with Crippen molar-refractivity contribution in [2.45, 2.75) is 91.0 Å². The summed E-state index contributed by atoms with van der Waals surface area (Å²) in [7, 11) is 0. The van der Waals surface area contributed by atoms with E-state index in [0.29, 0.717) is 19.3 Å². The predicted octanol–water partition coefficient (Wildman–Crippen LogP) is 3.41. The topological polar surface area (TPSA) is 82.1 Å². The van der Waals surface area contributed by atoms with Crippen LogP contribution in [0.4, 0.5) is 0 Å². The molecule has 6 fully saturated rings. The summed E-state index contributed by atoms with van der Waals surface area (Å²) in [5.41, 5.74) is -1.49. The van der Waals surface area contributed by atoms with Crippen LogP contribution < -0.4 is 0 Å². The Morgan fingerprint density at radius 1 is 1.16 bits per heavy atom. The first-order chi connectivity index (χ1) is 14.3. The molecule has 6 nitrogen and oxygen atoms in total. The zero-order valence-corrected chi connectivity index (χ0v) is 19.6. The number of carbonyl (C=O) groups excluding carboxylic acids is 2.